The summed E-state index contributed by atoms with van der Waals surface area (Å²) < 4.78 is 0. The van der Waals surface area contributed by atoms with Crippen molar-refractivity contribution in [3.63, 3.8) is 0 Å². The first-order chi connectivity index (χ1) is 15.8. The van der Waals surface area contributed by atoms with Gasteiger partial charge in [-0.2, -0.15) is 21.0 Å². The number of allylic oxidation sites excluding steroid dienone is 2. The van der Waals surface area contributed by atoms with Gasteiger partial charge >= 0.3 is 0 Å². The van der Waals surface area contributed by atoms with Crippen molar-refractivity contribution < 1.29 is 0 Å². The molecule has 2 aromatic carbocycles. The zero-order valence-electron chi connectivity index (χ0n) is 18.4. The van der Waals surface area contributed by atoms with Gasteiger partial charge < -0.3 is 11.1 Å². The van der Waals surface area contributed by atoms with Crippen molar-refractivity contribution in [1.29, 1.82) is 26.5 Å². The van der Waals surface area contributed by atoms with Gasteiger partial charge in [-0.05, 0) is 37.3 Å². The number of nitrogens with zero attached hydrogens (tertiary/aromatic N) is 4. The van der Waals surface area contributed by atoms with E-state index in [1.54, 1.807) is 0 Å². The van der Waals surface area contributed by atoms with Crippen molar-refractivity contribution in [2.45, 2.75) is 26.2 Å². The van der Waals surface area contributed by atoms with E-state index in [9.17, 15) is 21.0 Å². The number of nitriles is 4. The van der Waals surface area contributed by atoms with Gasteiger partial charge in [0.1, 0.15) is 5.41 Å². The van der Waals surface area contributed by atoms with Gasteiger partial charge in [0, 0.05) is 17.5 Å². The highest BCUT2D eigenvalue weighted by molar-refractivity contribution is 6.05. The van der Waals surface area contributed by atoms with Crippen molar-refractivity contribution in [2.75, 3.05) is 0 Å². The molecular formula is C27H22N6. The molecule has 0 aromatic heterocycles. The second-order valence-electron chi connectivity index (χ2n) is 8.98. The molecule has 6 nitrogen and oxygen atoms in total. The number of fused-ring (bicyclic) bond motifs is 2. The van der Waals surface area contributed by atoms with Gasteiger partial charge in [0.15, 0.2) is 5.41 Å². The summed E-state index contributed by atoms with van der Waals surface area (Å²) in [5.41, 5.74) is 6.46. The Morgan fingerprint density at radius 1 is 0.879 bits per heavy atom. The molecule has 6 heteroatoms. The van der Waals surface area contributed by atoms with Gasteiger partial charge in [-0.25, -0.2) is 0 Å². The zero-order valence-corrected chi connectivity index (χ0v) is 18.4. The Labute approximate surface area is 193 Å². The maximum Gasteiger partial charge on any atom is 0.190 e. The number of rotatable bonds is 3. The Bertz CT molecular complexity index is 1320. The molecule has 3 N–H and O–H groups in total. The highest BCUT2D eigenvalue weighted by Gasteiger charge is 2.71. The Morgan fingerprint density at radius 2 is 1.42 bits per heavy atom. The molecule has 0 radical (unpaired) electrons. The number of hydrogen-bond acceptors (Lipinski definition) is 6. The number of nitrogens with one attached hydrogen (secondary N) is 1. The number of aryl methyl sites for hydroxylation is 2. The molecule has 1 fully saturated rings. The molecule has 4 unspecified atom stereocenters. The molecule has 0 heterocycles. The normalized spacial score (nSPS) is 27.2. The molecule has 2 bridgehead atoms. The van der Waals surface area contributed by atoms with Crippen LogP contribution in [-0.4, -0.2) is 5.71 Å². The average Bonchev–Trinajstić information content (AvgIpc) is 2.82. The predicted octanol–water partition coefficient (Wildman–Crippen LogP) is 4.19. The summed E-state index contributed by atoms with van der Waals surface area (Å²) in [5, 5.41) is 49.8. The van der Waals surface area contributed by atoms with E-state index in [4.69, 9.17) is 11.1 Å². The lowest BCUT2D eigenvalue weighted by Gasteiger charge is -2.57. The second kappa shape index (κ2) is 7.63. The Morgan fingerprint density at radius 3 is 1.91 bits per heavy atom. The maximum absolute atomic E-state index is 10.5. The first-order valence-electron chi connectivity index (χ1n) is 10.7. The number of nitrogens with two attached hydrogens (primary N) is 1. The minimum atomic E-state index is -1.94. The minimum Gasteiger partial charge on any atom is -0.400 e. The lowest BCUT2D eigenvalue weighted by Crippen LogP contribution is -2.64. The summed E-state index contributed by atoms with van der Waals surface area (Å²) in [4.78, 5) is 0. The third-order valence-electron chi connectivity index (χ3n) is 7.32. The summed E-state index contributed by atoms with van der Waals surface area (Å²) in [6, 6.07) is 24.0. The fraction of sp³-hybridized carbons (Fsp3) is 0.296. The minimum absolute atomic E-state index is 0.00379. The van der Waals surface area contributed by atoms with Crippen LogP contribution in [0, 0.1) is 87.2 Å². The number of benzene rings is 2. The molecule has 160 valence electrons. The smallest absolute Gasteiger partial charge is 0.190 e. The van der Waals surface area contributed by atoms with Crippen LogP contribution in [0.4, 0.5) is 0 Å². The fourth-order valence-electron chi connectivity index (χ4n) is 5.61. The summed E-state index contributed by atoms with van der Waals surface area (Å²) in [7, 11) is 0. The van der Waals surface area contributed by atoms with E-state index in [1.807, 2.05) is 74.5 Å². The van der Waals surface area contributed by atoms with E-state index in [0.717, 1.165) is 22.3 Å². The van der Waals surface area contributed by atoms with E-state index < -0.39 is 28.6 Å². The van der Waals surface area contributed by atoms with Crippen LogP contribution in [-0.2, 0) is 6.42 Å². The van der Waals surface area contributed by atoms with Gasteiger partial charge in [-0.1, -0.05) is 59.7 Å². The zero-order chi connectivity index (χ0) is 24.0. The first kappa shape index (κ1) is 21.8. The standard InChI is InChI=1S/C27H22N6/c1-16-3-7-18(8-4-16)11-21-22(19-9-5-17(2)6-10-19)23-20(12-28)24(32)27(21,15-31)25(33)26(23,13-29)14-30/h3-10,21-23,33H,11,32H2,1-2H3. The van der Waals surface area contributed by atoms with Crippen LogP contribution in [0.15, 0.2) is 59.8 Å². The summed E-state index contributed by atoms with van der Waals surface area (Å²) in [6.45, 7) is 3.95. The van der Waals surface area contributed by atoms with Crippen molar-refractivity contribution in [3.8, 4) is 24.3 Å². The van der Waals surface area contributed by atoms with E-state index in [2.05, 4.69) is 12.1 Å². The molecule has 0 saturated heterocycles. The van der Waals surface area contributed by atoms with E-state index in [-0.39, 0.29) is 17.0 Å². The third-order valence-corrected chi connectivity index (χ3v) is 7.32. The van der Waals surface area contributed by atoms with Crippen LogP contribution in [0.1, 0.15) is 28.2 Å². The van der Waals surface area contributed by atoms with E-state index in [1.165, 1.54) is 0 Å². The van der Waals surface area contributed by atoms with Crippen LogP contribution in [0.25, 0.3) is 0 Å². The molecule has 3 aliphatic carbocycles. The van der Waals surface area contributed by atoms with Crippen molar-refractivity contribution in [2.24, 2.45) is 28.4 Å². The van der Waals surface area contributed by atoms with Crippen LogP contribution in [0.5, 0.6) is 0 Å². The molecule has 4 atom stereocenters. The summed E-state index contributed by atoms with van der Waals surface area (Å²) in [5.74, 6) is -1.96. The van der Waals surface area contributed by atoms with Crippen LogP contribution < -0.4 is 5.73 Å². The van der Waals surface area contributed by atoms with Gasteiger partial charge in [-0.3, -0.25) is 0 Å². The van der Waals surface area contributed by atoms with Gasteiger partial charge in [0.2, 0.25) is 0 Å². The first-order valence-corrected chi connectivity index (χ1v) is 10.7. The molecular weight excluding hydrogens is 408 g/mol. The monoisotopic (exact) mass is 430 g/mol. The summed E-state index contributed by atoms with van der Waals surface area (Å²) >= 11 is 0. The van der Waals surface area contributed by atoms with Crippen molar-refractivity contribution >= 4 is 5.71 Å². The topological polar surface area (TPSA) is 145 Å². The molecule has 0 spiro atoms. The average molecular weight is 431 g/mol. The molecule has 5 rings (SSSR count). The van der Waals surface area contributed by atoms with E-state index >= 15 is 0 Å². The van der Waals surface area contributed by atoms with Crippen molar-refractivity contribution in [1.82, 2.24) is 0 Å². The van der Waals surface area contributed by atoms with Crippen LogP contribution in [0.2, 0.25) is 0 Å². The SMILES string of the molecule is Cc1ccc(CC2C(c3ccc(C)cc3)C3C(C#N)=C(N)C2(C#N)C(=N)C3(C#N)C#N)cc1. The lowest BCUT2D eigenvalue weighted by molar-refractivity contribution is 0.156. The van der Waals surface area contributed by atoms with Crippen LogP contribution >= 0.6 is 0 Å². The van der Waals surface area contributed by atoms with Gasteiger partial charge in [-0.15, -0.1) is 0 Å². The van der Waals surface area contributed by atoms with Gasteiger partial charge in [0.05, 0.1) is 35.6 Å². The van der Waals surface area contributed by atoms with Crippen LogP contribution in [0.3, 0.4) is 0 Å². The number of hydrogen-bond donors (Lipinski definition) is 2. The Hall–Kier alpha value is -4.39. The molecule has 3 aliphatic rings. The van der Waals surface area contributed by atoms with Crippen molar-refractivity contribution in [3.05, 3.63) is 82.1 Å². The van der Waals surface area contributed by atoms with Gasteiger partial charge in [0.25, 0.3) is 0 Å². The Kier molecular flexibility index (Phi) is 5.05. The highest BCUT2D eigenvalue weighted by Crippen LogP contribution is 2.65. The molecule has 2 aromatic rings. The predicted molar refractivity (Wildman–Crippen MR) is 122 cm³/mol. The molecule has 1 saturated carbocycles. The fourth-order valence-corrected chi connectivity index (χ4v) is 5.61. The second-order valence-corrected chi connectivity index (χ2v) is 8.98. The van der Waals surface area contributed by atoms with E-state index in [0.29, 0.717) is 6.42 Å². The maximum atomic E-state index is 10.5. The summed E-state index contributed by atoms with van der Waals surface area (Å²) in [6.07, 6.45) is 0.414. The molecule has 33 heavy (non-hydrogen) atoms. The quantitative estimate of drug-likeness (QED) is 0.750. The molecule has 0 aliphatic heterocycles. The largest absolute Gasteiger partial charge is 0.400 e. The highest BCUT2D eigenvalue weighted by atomic mass is 14.8. The third kappa shape index (κ3) is 2.79. The lowest BCUT2D eigenvalue weighted by atomic mass is 9.40. The Balaban J connectivity index is 2.06. The molecule has 0 amide bonds.